The first-order valence-corrected chi connectivity index (χ1v) is 7.27. The van der Waals surface area contributed by atoms with Crippen molar-refractivity contribution >= 4 is 5.91 Å². The van der Waals surface area contributed by atoms with Gasteiger partial charge in [0.25, 0.3) is 5.91 Å². The van der Waals surface area contributed by atoms with E-state index in [1.54, 1.807) is 6.92 Å². The first kappa shape index (κ1) is 16.5. The normalized spacial score (nSPS) is 15.2. The Bertz CT molecular complexity index is 432. The van der Waals surface area contributed by atoms with E-state index < -0.39 is 6.10 Å². The molecule has 3 N–H and O–H groups in total. The topological polar surface area (TPSA) is 64.3 Å². The summed E-state index contributed by atoms with van der Waals surface area (Å²) in [5.41, 5.74) is 6.82. The molecule has 3 atom stereocenters. The van der Waals surface area contributed by atoms with Gasteiger partial charge in [0.1, 0.15) is 5.75 Å². The van der Waals surface area contributed by atoms with Crippen LogP contribution in [0.25, 0.3) is 0 Å². The number of nitrogens with two attached hydrogens (primary N) is 1. The van der Waals surface area contributed by atoms with Crippen LogP contribution < -0.4 is 15.8 Å². The standard InChI is InChI=1S/C16H26N2O2/c1-5-8-11(2)18-16(19)13(4)20-15-10-7-6-9-14(15)12(3)17/h6-7,9-13H,5,8,17H2,1-4H3,(H,18,19)/t11?,12-,13?/m0/s1. The third-order valence-corrected chi connectivity index (χ3v) is 3.19. The molecule has 0 aliphatic carbocycles. The molecule has 0 aliphatic rings. The van der Waals surface area contributed by atoms with Gasteiger partial charge >= 0.3 is 0 Å². The van der Waals surface area contributed by atoms with Crippen LogP contribution in [0.4, 0.5) is 0 Å². The van der Waals surface area contributed by atoms with E-state index in [-0.39, 0.29) is 18.0 Å². The molecule has 2 unspecified atom stereocenters. The van der Waals surface area contributed by atoms with Crippen molar-refractivity contribution in [1.29, 1.82) is 0 Å². The maximum absolute atomic E-state index is 12.0. The van der Waals surface area contributed by atoms with Crippen LogP contribution in [0.1, 0.15) is 52.1 Å². The molecule has 0 fully saturated rings. The van der Waals surface area contributed by atoms with E-state index in [0.29, 0.717) is 5.75 Å². The van der Waals surface area contributed by atoms with E-state index >= 15 is 0 Å². The molecule has 0 aliphatic heterocycles. The van der Waals surface area contributed by atoms with Gasteiger partial charge in [0.15, 0.2) is 6.10 Å². The van der Waals surface area contributed by atoms with Crippen LogP contribution in [0.2, 0.25) is 0 Å². The van der Waals surface area contributed by atoms with Crippen LogP contribution in [-0.4, -0.2) is 18.1 Å². The van der Waals surface area contributed by atoms with Crippen molar-refractivity contribution in [3.05, 3.63) is 29.8 Å². The minimum atomic E-state index is -0.533. The summed E-state index contributed by atoms with van der Waals surface area (Å²) in [7, 11) is 0. The average molecular weight is 278 g/mol. The molecule has 0 saturated carbocycles. The predicted octanol–water partition coefficient (Wildman–Crippen LogP) is 2.78. The second-order valence-electron chi connectivity index (χ2n) is 5.28. The number of hydrogen-bond acceptors (Lipinski definition) is 3. The number of carbonyl (C=O) groups excluding carboxylic acids is 1. The quantitative estimate of drug-likeness (QED) is 0.806. The Balaban J connectivity index is 2.66. The highest BCUT2D eigenvalue weighted by atomic mass is 16.5. The lowest BCUT2D eigenvalue weighted by Crippen LogP contribution is -2.41. The zero-order valence-electron chi connectivity index (χ0n) is 12.8. The molecule has 1 aromatic rings. The molecule has 0 saturated heterocycles. The van der Waals surface area contributed by atoms with Gasteiger partial charge in [0.05, 0.1) is 0 Å². The number of rotatable bonds is 7. The molecule has 20 heavy (non-hydrogen) atoms. The zero-order chi connectivity index (χ0) is 15.1. The third-order valence-electron chi connectivity index (χ3n) is 3.19. The molecule has 4 nitrogen and oxygen atoms in total. The van der Waals surface area contributed by atoms with Gasteiger partial charge < -0.3 is 15.8 Å². The Hall–Kier alpha value is -1.55. The molecule has 0 radical (unpaired) electrons. The molecule has 0 aromatic heterocycles. The minimum Gasteiger partial charge on any atom is -0.481 e. The van der Waals surface area contributed by atoms with Crippen LogP contribution in [-0.2, 0) is 4.79 Å². The van der Waals surface area contributed by atoms with E-state index in [1.807, 2.05) is 38.1 Å². The van der Waals surface area contributed by atoms with E-state index in [2.05, 4.69) is 12.2 Å². The van der Waals surface area contributed by atoms with Crippen molar-refractivity contribution in [2.45, 2.75) is 58.7 Å². The monoisotopic (exact) mass is 278 g/mol. The molecule has 4 heteroatoms. The Morgan fingerprint density at radius 1 is 1.30 bits per heavy atom. The third kappa shape index (κ3) is 4.85. The highest BCUT2D eigenvalue weighted by molar-refractivity contribution is 5.81. The maximum Gasteiger partial charge on any atom is 0.260 e. The molecule has 0 bridgehead atoms. The molecule has 1 amide bonds. The Labute approximate surface area is 121 Å². The van der Waals surface area contributed by atoms with Crippen LogP contribution >= 0.6 is 0 Å². The van der Waals surface area contributed by atoms with Crippen LogP contribution in [0, 0.1) is 0 Å². The fourth-order valence-electron chi connectivity index (χ4n) is 2.07. The number of ether oxygens (including phenoxy) is 1. The first-order chi connectivity index (χ1) is 9.45. The van der Waals surface area contributed by atoms with Crippen molar-refractivity contribution in [3.63, 3.8) is 0 Å². The van der Waals surface area contributed by atoms with Gasteiger partial charge in [-0.25, -0.2) is 0 Å². The summed E-state index contributed by atoms with van der Waals surface area (Å²) in [4.78, 5) is 12.0. The van der Waals surface area contributed by atoms with E-state index in [9.17, 15) is 4.79 Å². The van der Waals surface area contributed by atoms with Crippen LogP contribution in [0.15, 0.2) is 24.3 Å². The summed E-state index contributed by atoms with van der Waals surface area (Å²) >= 11 is 0. The largest absolute Gasteiger partial charge is 0.481 e. The fourth-order valence-corrected chi connectivity index (χ4v) is 2.07. The first-order valence-electron chi connectivity index (χ1n) is 7.27. The van der Waals surface area contributed by atoms with Gasteiger partial charge in [-0.3, -0.25) is 4.79 Å². The lowest BCUT2D eigenvalue weighted by atomic mass is 10.1. The maximum atomic E-state index is 12.0. The van der Waals surface area contributed by atoms with E-state index in [4.69, 9.17) is 10.5 Å². The number of para-hydroxylation sites is 1. The fraction of sp³-hybridized carbons (Fsp3) is 0.562. The summed E-state index contributed by atoms with van der Waals surface area (Å²) < 4.78 is 5.76. The van der Waals surface area contributed by atoms with Crippen molar-refractivity contribution in [2.24, 2.45) is 5.73 Å². The second kappa shape index (κ2) is 7.90. The number of benzene rings is 1. The lowest BCUT2D eigenvalue weighted by molar-refractivity contribution is -0.127. The second-order valence-corrected chi connectivity index (χ2v) is 5.28. The lowest BCUT2D eigenvalue weighted by Gasteiger charge is -2.20. The minimum absolute atomic E-state index is 0.0922. The zero-order valence-corrected chi connectivity index (χ0v) is 12.8. The van der Waals surface area contributed by atoms with Gasteiger partial charge in [0, 0.05) is 17.6 Å². The highest BCUT2D eigenvalue weighted by Crippen LogP contribution is 2.24. The molecular weight excluding hydrogens is 252 g/mol. The summed E-state index contributed by atoms with van der Waals surface area (Å²) in [6.45, 7) is 7.76. The summed E-state index contributed by atoms with van der Waals surface area (Å²) in [6, 6.07) is 7.61. The van der Waals surface area contributed by atoms with Crippen LogP contribution in [0.5, 0.6) is 5.75 Å². The van der Waals surface area contributed by atoms with Crippen molar-refractivity contribution in [1.82, 2.24) is 5.32 Å². The van der Waals surface area contributed by atoms with Crippen molar-refractivity contribution in [2.75, 3.05) is 0 Å². The predicted molar refractivity (Wildman–Crippen MR) is 81.6 cm³/mol. The molecule has 0 spiro atoms. The van der Waals surface area contributed by atoms with Crippen molar-refractivity contribution < 1.29 is 9.53 Å². The Kier molecular flexibility index (Phi) is 6.52. The van der Waals surface area contributed by atoms with E-state index in [1.165, 1.54) is 0 Å². The highest BCUT2D eigenvalue weighted by Gasteiger charge is 2.18. The van der Waals surface area contributed by atoms with Gasteiger partial charge in [-0.1, -0.05) is 31.5 Å². The molecule has 0 heterocycles. The smallest absolute Gasteiger partial charge is 0.260 e. The molecule has 1 rings (SSSR count). The number of carbonyl (C=O) groups is 1. The average Bonchev–Trinajstić information content (AvgIpc) is 2.39. The number of nitrogens with one attached hydrogen (secondary N) is 1. The summed E-state index contributed by atoms with van der Waals surface area (Å²) in [5.74, 6) is 0.582. The molecule has 112 valence electrons. The number of hydrogen-bond donors (Lipinski definition) is 2. The van der Waals surface area contributed by atoms with Gasteiger partial charge in [-0.15, -0.1) is 0 Å². The Morgan fingerprint density at radius 2 is 1.95 bits per heavy atom. The SMILES string of the molecule is CCCC(C)NC(=O)C(C)Oc1ccccc1[C@H](C)N. The van der Waals surface area contributed by atoms with Gasteiger partial charge in [-0.2, -0.15) is 0 Å². The van der Waals surface area contributed by atoms with Gasteiger partial charge in [-0.05, 0) is 33.3 Å². The Morgan fingerprint density at radius 3 is 2.55 bits per heavy atom. The van der Waals surface area contributed by atoms with E-state index in [0.717, 1.165) is 18.4 Å². The summed E-state index contributed by atoms with van der Waals surface area (Å²) in [6.07, 6.45) is 1.48. The van der Waals surface area contributed by atoms with Crippen LogP contribution in [0.3, 0.4) is 0 Å². The summed E-state index contributed by atoms with van der Waals surface area (Å²) in [5, 5.41) is 2.95. The van der Waals surface area contributed by atoms with Gasteiger partial charge in [0.2, 0.25) is 0 Å². The molecule has 1 aromatic carbocycles. The molecular formula is C16H26N2O2. The number of amides is 1. The van der Waals surface area contributed by atoms with Crippen molar-refractivity contribution in [3.8, 4) is 5.75 Å².